The first-order valence-corrected chi connectivity index (χ1v) is 8.42. The molecule has 4 nitrogen and oxygen atoms in total. The largest absolute Gasteiger partial charge is 0.453 e. The molecule has 2 unspecified atom stereocenters. The minimum Gasteiger partial charge on any atom is -0.453 e. The molecule has 22 heavy (non-hydrogen) atoms. The molecule has 0 aliphatic carbocycles. The molecule has 0 radical (unpaired) electrons. The summed E-state index contributed by atoms with van der Waals surface area (Å²) in [6.45, 7) is 1.94. The molecule has 1 aromatic carbocycles. The number of esters is 1. The lowest BCUT2D eigenvalue weighted by atomic mass is 9.91. The third kappa shape index (κ3) is 3.17. The van der Waals surface area contributed by atoms with E-state index in [1.807, 2.05) is 43.3 Å². The van der Waals surface area contributed by atoms with Crippen molar-refractivity contribution in [2.24, 2.45) is 0 Å². The van der Waals surface area contributed by atoms with Crippen molar-refractivity contribution in [3.05, 3.63) is 57.1 Å². The number of cyclic esters (lactones) is 1. The van der Waals surface area contributed by atoms with Gasteiger partial charge in [0.15, 0.2) is 0 Å². The van der Waals surface area contributed by atoms with Gasteiger partial charge in [0.05, 0.1) is 0 Å². The lowest BCUT2D eigenvalue weighted by Gasteiger charge is -2.23. The van der Waals surface area contributed by atoms with Crippen LogP contribution in [0.4, 0.5) is 5.82 Å². The molecule has 0 saturated carbocycles. The topological polar surface area (TPSA) is 51.2 Å². The molecule has 1 saturated heterocycles. The summed E-state index contributed by atoms with van der Waals surface area (Å²) < 4.78 is 7.52. The maximum Gasteiger partial charge on any atom is 0.329 e. The molecule has 0 bridgehead atoms. The summed E-state index contributed by atoms with van der Waals surface area (Å²) in [5.41, 5.74) is 0.363. The number of benzene rings is 1. The van der Waals surface area contributed by atoms with E-state index < -0.39 is 11.6 Å². The van der Waals surface area contributed by atoms with Crippen molar-refractivity contribution in [1.82, 2.24) is 4.98 Å². The molecule has 0 amide bonds. The van der Waals surface area contributed by atoms with Crippen LogP contribution in [0.15, 0.2) is 51.5 Å². The van der Waals surface area contributed by atoms with Gasteiger partial charge in [-0.15, -0.1) is 0 Å². The maximum atomic E-state index is 12.2. The van der Waals surface area contributed by atoms with Crippen LogP contribution in [-0.2, 0) is 15.1 Å². The van der Waals surface area contributed by atoms with Crippen molar-refractivity contribution in [3.63, 3.8) is 0 Å². The van der Waals surface area contributed by atoms with E-state index in [0.717, 1.165) is 14.5 Å². The Kier molecular flexibility index (Phi) is 4.23. The number of hydrogen-bond acceptors (Lipinski definition) is 4. The summed E-state index contributed by atoms with van der Waals surface area (Å²) in [5.74, 6) is 0.403. The Morgan fingerprint density at radius 2 is 1.86 bits per heavy atom. The highest BCUT2D eigenvalue weighted by atomic mass is 79.9. The van der Waals surface area contributed by atoms with E-state index in [4.69, 9.17) is 4.74 Å². The monoisotopic (exact) mass is 424 g/mol. The smallest absolute Gasteiger partial charge is 0.329 e. The van der Waals surface area contributed by atoms with Gasteiger partial charge in [-0.1, -0.05) is 28.1 Å². The van der Waals surface area contributed by atoms with Gasteiger partial charge in [-0.05, 0) is 52.7 Å². The third-order valence-corrected chi connectivity index (χ3v) is 4.71. The summed E-state index contributed by atoms with van der Waals surface area (Å²) in [6.07, 6.45) is 2.25. The number of halogens is 2. The van der Waals surface area contributed by atoms with Crippen LogP contribution in [0.2, 0.25) is 0 Å². The van der Waals surface area contributed by atoms with E-state index in [-0.39, 0.29) is 5.97 Å². The summed E-state index contributed by atoms with van der Waals surface area (Å²) in [7, 11) is 0. The second-order valence-electron chi connectivity index (χ2n) is 5.42. The number of rotatable bonds is 3. The van der Waals surface area contributed by atoms with E-state index in [1.165, 1.54) is 0 Å². The number of pyridine rings is 1. The van der Waals surface area contributed by atoms with Gasteiger partial charge in [0.2, 0.25) is 0 Å². The Hall–Kier alpha value is -1.40. The van der Waals surface area contributed by atoms with Crippen molar-refractivity contribution in [1.29, 1.82) is 0 Å². The van der Waals surface area contributed by atoms with E-state index >= 15 is 0 Å². The fourth-order valence-electron chi connectivity index (χ4n) is 2.54. The van der Waals surface area contributed by atoms with Gasteiger partial charge in [-0.25, -0.2) is 9.78 Å². The fraction of sp³-hybridized carbons (Fsp3) is 0.250. The van der Waals surface area contributed by atoms with Gasteiger partial charge >= 0.3 is 5.97 Å². The van der Waals surface area contributed by atoms with Crippen LogP contribution in [0.1, 0.15) is 18.9 Å². The van der Waals surface area contributed by atoms with Gasteiger partial charge in [0, 0.05) is 21.6 Å². The maximum absolute atomic E-state index is 12.2. The number of hydrogen-bond donors (Lipinski definition) is 1. The average Bonchev–Trinajstić information content (AvgIpc) is 2.77. The van der Waals surface area contributed by atoms with Crippen molar-refractivity contribution >= 4 is 43.6 Å². The van der Waals surface area contributed by atoms with Crippen molar-refractivity contribution in [2.75, 3.05) is 5.32 Å². The Morgan fingerprint density at radius 3 is 2.50 bits per heavy atom. The Labute approximate surface area is 145 Å². The van der Waals surface area contributed by atoms with Gasteiger partial charge < -0.3 is 10.1 Å². The highest BCUT2D eigenvalue weighted by Crippen LogP contribution is 2.37. The normalized spacial score (nSPS) is 24.1. The first-order chi connectivity index (χ1) is 10.5. The minimum absolute atomic E-state index is 0.255. The first-order valence-electron chi connectivity index (χ1n) is 6.83. The molecule has 3 rings (SSSR count). The molecule has 1 fully saturated rings. The number of nitrogens with one attached hydrogen (secondary N) is 1. The zero-order chi connectivity index (χ0) is 15.7. The van der Waals surface area contributed by atoms with E-state index in [2.05, 4.69) is 42.2 Å². The third-order valence-electron chi connectivity index (χ3n) is 3.71. The van der Waals surface area contributed by atoms with Crippen LogP contribution < -0.4 is 5.32 Å². The number of carbonyl (C=O) groups is 1. The molecule has 2 atom stereocenters. The fourth-order valence-corrected chi connectivity index (χ4v) is 3.04. The highest BCUT2D eigenvalue weighted by Gasteiger charge is 2.44. The average molecular weight is 426 g/mol. The van der Waals surface area contributed by atoms with Crippen LogP contribution in [0.5, 0.6) is 0 Å². The molecular formula is C16H14Br2N2O2. The lowest BCUT2D eigenvalue weighted by Crippen LogP contribution is -2.25. The van der Waals surface area contributed by atoms with Crippen molar-refractivity contribution < 1.29 is 9.53 Å². The molecule has 0 spiro atoms. The number of nitrogens with zero attached hydrogens (tertiary/aromatic N) is 1. The van der Waals surface area contributed by atoms with E-state index in [9.17, 15) is 4.79 Å². The van der Waals surface area contributed by atoms with Crippen molar-refractivity contribution in [3.8, 4) is 0 Å². The second-order valence-corrected chi connectivity index (χ2v) is 7.25. The highest BCUT2D eigenvalue weighted by molar-refractivity contribution is 9.10. The molecule has 1 aromatic heterocycles. The predicted molar refractivity (Wildman–Crippen MR) is 91.6 cm³/mol. The van der Waals surface area contributed by atoms with E-state index in [0.29, 0.717) is 12.2 Å². The number of carbonyl (C=O) groups excluding carboxylic acids is 1. The quantitative estimate of drug-likeness (QED) is 0.747. The summed E-state index contributed by atoms with van der Waals surface area (Å²) in [5, 5.41) is 3.14. The molecule has 2 heterocycles. The van der Waals surface area contributed by atoms with Crippen LogP contribution in [0, 0.1) is 0 Å². The Morgan fingerprint density at radius 1 is 1.18 bits per heavy atom. The molecule has 2 aromatic rings. The standard InChI is InChI=1S/C16H14Br2N2O2/c1-16(10-2-4-11(17)5-3-10)8-13(15(21)22-16)20-14-7-6-12(18)9-19-14/h2-7,9,13H,8H2,1H3,(H,19,20). The molecule has 1 aliphatic heterocycles. The van der Waals surface area contributed by atoms with Gasteiger partial charge in [-0.3, -0.25) is 0 Å². The summed E-state index contributed by atoms with van der Waals surface area (Å²) in [6, 6.07) is 11.1. The van der Waals surface area contributed by atoms with Crippen molar-refractivity contribution in [2.45, 2.75) is 25.0 Å². The van der Waals surface area contributed by atoms with Gasteiger partial charge in [0.25, 0.3) is 0 Å². The Balaban J connectivity index is 1.77. The van der Waals surface area contributed by atoms with Crippen LogP contribution in [0.3, 0.4) is 0 Å². The SMILES string of the molecule is CC1(c2ccc(Br)cc2)CC(Nc2ccc(Br)cn2)C(=O)O1. The zero-order valence-corrected chi connectivity index (χ0v) is 15.0. The summed E-state index contributed by atoms with van der Waals surface area (Å²) >= 11 is 6.75. The first kappa shape index (κ1) is 15.5. The second kappa shape index (κ2) is 6.01. The van der Waals surface area contributed by atoms with Crippen LogP contribution >= 0.6 is 31.9 Å². The molecule has 6 heteroatoms. The molecule has 1 aliphatic rings. The predicted octanol–water partition coefficient (Wildman–Crippen LogP) is 4.25. The molecule has 1 N–H and O–H groups in total. The summed E-state index contributed by atoms with van der Waals surface area (Å²) in [4.78, 5) is 16.4. The van der Waals surface area contributed by atoms with Gasteiger partial charge in [-0.2, -0.15) is 0 Å². The Bertz CT molecular complexity index is 688. The number of ether oxygens (including phenoxy) is 1. The number of anilines is 1. The minimum atomic E-state index is -0.620. The van der Waals surface area contributed by atoms with Crippen LogP contribution in [0.25, 0.3) is 0 Å². The molecular weight excluding hydrogens is 412 g/mol. The van der Waals surface area contributed by atoms with Crippen LogP contribution in [-0.4, -0.2) is 17.0 Å². The van der Waals surface area contributed by atoms with Gasteiger partial charge in [0.1, 0.15) is 17.5 Å². The number of aromatic nitrogens is 1. The van der Waals surface area contributed by atoms with E-state index in [1.54, 1.807) is 6.20 Å². The zero-order valence-electron chi connectivity index (χ0n) is 11.8. The lowest BCUT2D eigenvalue weighted by molar-refractivity contribution is -0.148. The molecule has 114 valence electrons.